The molecule has 134 valence electrons. The maximum absolute atomic E-state index is 11.2. The molecule has 26 heavy (non-hydrogen) atoms. The van der Waals surface area contributed by atoms with E-state index < -0.39 is 4.92 Å². The molecule has 0 amide bonds. The van der Waals surface area contributed by atoms with Crippen LogP contribution in [0.5, 0.6) is 0 Å². The number of aromatic nitrogens is 1. The lowest BCUT2D eigenvalue weighted by atomic mass is 10.1. The van der Waals surface area contributed by atoms with Crippen molar-refractivity contribution >= 4 is 22.7 Å². The van der Waals surface area contributed by atoms with Crippen molar-refractivity contribution in [1.29, 1.82) is 0 Å². The zero-order valence-electron chi connectivity index (χ0n) is 14.3. The van der Waals surface area contributed by atoms with E-state index in [1.165, 1.54) is 6.07 Å². The number of anilines is 1. The van der Waals surface area contributed by atoms with Crippen molar-refractivity contribution in [3.8, 4) is 11.3 Å². The molecule has 0 aliphatic carbocycles. The molecule has 6 nitrogen and oxygen atoms in total. The molecular formula is C19H19N3O3S. The SMILES string of the molecule is Cc1sc(CCNc2cc(CO)ccc2[N+](=O)[O-])nc1-c1ccccc1. The summed E-state index contributed by atoms with van der Waals surface area (Å²) < 4.78 is 0. The first-order valence-corrected chi connectivity index (χ1v) is 9.04. The molecule has 3 aromatic rings. The highest BCUT2D eigenvalue weighted by Gasteiger charge is 2.14. The van der Waals surface area contributed by atoms with Crippen molar-refractivity contribution in [3.05, 3.63) is 74.1 Å². The minimum Gasteiger partial charge on any atom is -0.392 e. The number of hydrogen-bond donors (Lipinski definition) is 2. The van der Waals surface area contributed by atoms with Crippen LogP contribution in [0.25, 0.3) is 11.3 Å². The predicted molar refractivity (Wildman–Crippen MR) is 103 cm³/mol. The number of thiazole rings is 1. The number of nitro benzene ring substituents is 1. The molecule has 0 fully saturated rings. The standard InChI is InChI=1S/C19H19N3O3S/c1-13-19(15-5-3-2-4-6-15)21-18(26-13)9-10-20-16-11-14(12-23)7-8-17(16)22(24)25/h2-8,11,20,23H,9-10,12H2,1H3. The quantitative estimate of drug-likeness (QED) is 0.482. The van der Waals surface area contributed by atoms with Crippen molar-refractivity contribution in [3.63, 3.8) is 0 Å². The van der Waals surface area contributed by atoms with E-state index in [9.17, 15) is 15.2 Å². The van der Waals surface area contributed by atoms with Crippen molar-refractivity contribution in [1.82, 2.24) is 4.98 Å². The second kappa shape index (κ2) is 8.07. The lowest BCUT2D eigenvalue weighted by Gasteiger charge is -2.07. The summed E-state index contributed by atoms with van der Waals surface area (Å²) in [6.45, 7) is 2.42. The van der Waals surface area contributed by atoms with E-state index in [0.717, 1.165) is 21.1 Å². The Morgan fingerprint density at radius 3 is 2.69 bits per heavy atom. The molecule has 0 aliphatic heterocycles. The third kappa shape index (κ3) is 4.07. The Balaban J connectivity index is 1.70. The van der Waals surface area contributed by atoms with E-state index >= 15 is 0 Å². The molecule has 0 unspecified atom stereocenters. The Bertz CT molecular complexity index is 910. The third-order valence-electron chi connectivity index (χ3n) is 3.98. The van der Waals surface area contributed by atoms with Gasteiger partial charge in [-0.25, -0.2) is 4.98 Å². The van der Waals surface area contributed by atoms with Crippen LogP contribution in [0, 0.1) is 17.0 Å². The van der Waals surface area contributed by atoms with Gasteiger partial charge in [0.25, 0.3) is 5.69 Å². The van der Waals surface area contributed by atoms with Crippen LogP contribution in [0.15, 0.2) is 48.5 Å². The minimum atomic E-state index is -0.426. The molecule has 0 atom stereocenters. The van der Waals surface area contributed by atoms with Crippen LogP contribution in [0.1, 0.15) is 15.4 Å². The van der Waals surface area contributed by atoms with E-state index in [1.807, 2.05) is 37.3 Å². The Hall–Kier alpha value is -2.77. The zero-order chi connectivity index (χ0) is 18.5. The molecule has 7 heteroatoms. The summed E-state index contributed by atoms with van der Waals surface area (Å²) in [6.07, 6.45) is 0.666. The van der Waals surface area contributed by atoms with Gasteiger partial charge in [-0.2, -0.15) is 0 Å². The Kier molecular flexibility index (Phi) is 5.60. The molecular weight excluding hydrogens is 350 g/mol. The first-order valence-electron chi connectivity index (χ1n) is 8.22. The number of aliphatic hydroxyl groups excluding tert-OH is 1. The smallest absolute Gasteiger partial charge is 0.292 e. The normalized spacial score (nSPS) is 10.7. The van der Waals surface area contributed by atoms with Gasteiger partial charge in [0.2, 0.25) is 0 Å². The Labute approximate surface area is 155 Å². The highest BCUT2D eigenvalue weighted by molar-refractivity contribution is 7.12. The minimum absolute atomic E-state index is 0.00231. The molecule has 1 aromatic heterocycles. The maximum atomic E-state index is 11.2. The van der Waals surface area contributed by atoms with Crippen LogP contribution in [-0.2, 0) is 13.0 Å². The van der Waals surface area contributed by atoms with Crippen molar-refractivity contribution < 1.29 is 10.0 Å². The van der Waals surface area contributed by atoms with Crippen LogP contribution in [-0.4, -0.2) is 21.6 Å². The molecule has 0 saturated carbocycles. The van der Waals surface area contributed by atoms with Gasteiger partial charge >= 0.3 is 0 Å². The third-order valence-corrected chi connectivity index (χ3v) is 5.01. The number of rotatable bonds is 7. The fraction of sp³-hybridized carbons (Fsp3) is 0.211. The molecule has 3 rings (SSSR count). The van der Waals surface area contributed by atoms with Gasteiger partial charge in [0, 0.05) is 29.5 Å². The number of aryl methyl sites for hydroxylation is 1. The summed E-state index contributed by atoms with van der Waals surface area (Å²) >= 11 is 1.64. The molecule has 1 heterocycles. The largest absolute Gasteiger partial charge is 0.392 e. The van der Waals surface area contributed by atoms with Gasteiger partial charge in [0.1, 0.15) is 5.69 Å². The molecule has 0 bridgehead atoms. The first kappa shape index (κ1) is 18.0. The van der Waals surface area contributed by atoms with E-state index in [0.29, 0.717) is 24.2 Å². The maximum Gasteiger partial charge on any atom is 0.292 e. The molecule has 0 saturated heterocycles. The fourth-order valence-corrected chi connectivity index (χ4v) is 3.66. The number of nitrogens with zero attached hydrogens (tertiary/aromatic N) is 2. The lowest BCUT2D eigenvalue weighted by molar-refractivity contribution is -0.384. The molecule has 0 radical (unpaired) electrons. The first-order chi connectivity index (χ1) is 12.6. The topological polar surface area (TPSA) is 88.3 Å². The summed E-state index contributed by atoms with van der Waals surface area (Å²) in [4.78, 5) is 16.6. The predicted octanol–water partition coefficient (Wildman–Crippen LogP) is 4.17. The van der Waals surface area contributed by atoms with Crippen molar-refractivity contribution in [2.24, 2.45) is 0 Å². The summed E-state index contributed by atoms with van der Waals surface area (Å²) in [5, 5.41) is 24.5. The molecule has 0 aliphatic rings. The van der Waals surface area contributed by atoms with Crippen LogP contribution in [0.3, 0.4) is 0 Å². The van der Waals surface area contributed by atoms with Gasteiger partial charge in [-0.05, 0) is 24.6 Å². The highest BCUT2D eigenvalue weighted by atomic mass is 32.1. The van der Waals surface area contributed by atoms with Crippen LogP contribution in [0.4, 0.5) is 11.4 Å². The lowest BCUT2D eigenvalue weighted by Crippen LogP contribution is -2.07. The number of nitro groups is 1. The highest BCUT2D eigenvalue weighted by Crippen LogP contribution is 2.28. The molecule has 2 N–H and O–H groups in total. The summed E-state index contributed by atoms with van der Waals surface area (Å²) in [5.74, 6) is 0. The monoisotopic (exact) mass is 369 g/mol. The number of aliphatic hydroxyl groups is 1. The second-order valence-corrected chi connectivity index (χ2v) is 7.11. The summed E-state index contributed by atoms with van der Waals surface area (Å²) in [5.41, 5.74) is 3.13. The van der Waals surface area contributed by atoms with Gasteiger partial charge in [-0.3, -0.25) is 10.1 Å². The number of hydrogen-bond acceptors (Lipinski definition) is 6. The number of nitrogens with one attached hydrogen (secondary N) is 1. The van der Waals surface area contributed by atoms with E-state index in [1.54, 1.807) is 23.5 Å². The average molecular weight is 369 g/mol. The second-order valence-electron chi connectivity index (χ2n) is 5.82. The zero-order valence-corrected chi connectivity index (χ0v) is 15.1. The van der Waals surface area contributed by atoms with Crippen molar-refractivity contribution in [2.45, 2.75) is 20.0 Å². The summed E-state index contributed by atoms with van der Waals surface area (Å²) in [7, 11) is 0. The van der Waals surface area contributed by atoms with E-state index in [2.05, 4.69) is 5.32 Å². The summed E-state index contributed by atoms with van der Waals surface area (Å²) in [6, 6.07) is 14.6. The van der Waals surface area contributed by atoms with Gasteiger partial charge in [-0.15, -0.1) is 11.3 Å². The van der Waals surface area contributed by atoms with Gasteiger partial charge in [-0.1, -0.05) is 30.3 Å². The molecule has 2 aromatic carbocycles. The van der Waals surface area contributed by atoms with Crippen molar-refractivity contribution in [2.75, 3.05) is 11.9 Å². The fourth-order valence-electron chi connectivity index (χ4n) is 2.71. The van der Waals surface area contributed by atoms with Crippen LogP contribution < -0.4 is 5.32 Å². The Morgan fingerprint density at radius 2 is 2.00 bits per heavy atom. The van der Waals surface area contributed by atoms with Crippen LogP contribution in [0.2, 0.25) is 0 Å². The van der Waals surface area contributed by atoms with Gasteiger partial charge < -0.3 is 10.4 Å². The Morgan fingerprint density at radius 1 is 1.23 bits per heavy atom. The average Bonchev–Trinajstić information content (AvgIpc) is 3.02. The van der Waals surface area contributed by atoms with E-state index in [-0.39, 0.29) is 12.3 Å². The molecule has 0 spiro atoms. The van der Waals surface area contributed by atoms with Gasteiger partial charge in [0.15, 0.2) is 0 Å². The number of benzene rings is 2. The van der Waals surface area contributed by atoms with E-state index in [4.69, 9.17) is 4.98 Å². The van der Waals surface area contributed by atoms with Crippen LogP contribution >= 0.6 is 11.3 Å². The van der Waals surface area contributed by atoms with Gasteiger partial charge in [0.05, 0.1) is 22.2 Å².